The average Bonchev–Trinajstić information content (AvgIpc) is 2.94. The zero-order chi connectivity index (χ0) is 13.6. The predicted octanol–water partition coefficient (Wildman–Crippen LogP) is 2.60. The second kappa shape index (κ2) is 4.56. The number of sulfonamides is 1. The van der Waals surface area contributed by atoms with E-state index < -0.39 is 10.0 Å². The Morgan fingerprint density at radius 2 is 2.05 bits per heavy atom. The van der Waals surface area contributed by atoms with Crippen molar-refractivity contribution in [2.75, 3.05) is 0 Å². The molecule has 19 heavy (non-hydrogen) atoms. The lowest BCUT2D eigenvalue weighted by atomic mass is 9.96. The Labute approximate surface area is 113 Å². The van der Waals surface area contributed by atoms with Crippen LogP contribution in [0.15, 0.2) is 23.1 Å². The molecule has 0 amide bonds. The summed E-state index contributed by atoms with van der Waals surface area (Å²) in [5.41, 5.74) is 0.357. The van der Waals surface area contributed by atoms with Crippen molar-refractivity contribution in [2.45, 2.75) is 43.5 Å². The lowest BCUT2D eigenvalue weighted by Crippen LogP contribution is -2.38. The van der Waals surface area contributed by atoms with E-state index in [2.05, 4.69) is 4.72 Å². The molecule has 0 heterocycles. The number of fused-ring (bicyclic) bond motifs is 2. The molecule has 1 N–H and O–H groups in total. The Kier molecular flexibility index (Phi) is 3.14. The zero-order valence-corrected chi connectivity index (χ0v) is 11.7. The molecular formula is C14H18FNO2S. The third kappa shape index (κ3) is 2.41. The molecule has 5 heteroatoms. The minimum atomic E-state index is -3.52. The molecule has 2 aliphatic carbocycles. The first-order chi connectivity index (χ1) is 8.95. The van der Waals surface area contributed by atoms with Crippen molar-refractivity contribution in [2.24, 2.45) is 11.8 Å². The van der Waals surface area contributed by atoms with Crippen LogP contribution in [-0.4, -0.2) is 14.5 Å². The minimum Gasteiger partial charge on any atom is -0.208 e. The second-order valence-corrected chi connectivity index (χ2v) is 7.53. The fraction of sp³-hybridized carbons (Fsp3) is 0.571. The molecule has 3 nitrogen and oxygen atoms in total. The van der Waals surface area contributed by atoms with E-state index in [0.717, 1.165) is 19.3 Å². The fourth-order valence-electron chi connectivity index (χ4n) is 3.44. The summed E-state index contributed by atoms with van der Waals surface area (Å²) >= 11 is 0. The molecule has 3 atom stereocenters. The number of hydrogen-bond acceptors (Lipinski definition) is 2. The number of nitrogens with one attached hydrogen (secondary N) is 1. The normalized spacial score (nSPS) is 29.9. The molecule has 0 spiro atoms. The van der Waals surface area contributed by atoms with Gasteiger partial charge in [0.15, 0.2) is 0 Å². The molecule has 0 aliphatic heterocycles. The molecule has 3 rings (SSSR count). The quantitative estimate of drug-likeness (QED) is 0.927. The van der Waals surface area contributed by atoms with Gasteiger partial charge in [0.25, 0.3) is 0 Å². The first-order valence-corrected chi connectivity index (χ1v) is 8.22. The van der Waals surface area contributed by atoms with Crippen LogP contribution in [0, 0.1) is 24.6 Å². The van der Waals surface area contributed by atoms with Gasteiger partial charge in [-0.25, -0.2) is 17.5 Å². The van der Waals surface area contributed by atoms with Crippen LogP contribution in [0.1, 0.15) is 31.2 Å². The molecule has 0 saturated heterocycles. The Balaban J connectivity index is 1.80. The van der Waals surface area contributed by atoms with Crippen LogP contribution in [0.5, 0.6) is 0 Å². The van der Waals surface area contributed by atoms with E-state index in [1.165, 1.54) is 24.6 Å². The van der Waals surface area contributed by atoms with Gasteiger partial charge < -0.3 is 0 Å². The SMILES string of the molecule is Cc1cc(S(=O)(=O)N[C@H]2C[C@H]3CC[C@H]2C3)ccc1F. The van der Waals surface area contributed by atoms with E-state index in [0.29, 0.717) is 17.4 Å². The van der Waals surface area contributed by atoms with Crippen LogP contribution in [0.2, 0.25) is 0 Å². The van der Waals surface area contributed by atoms with Gasteiger partial charge in [0.2, 0.25) is 10.0 Å². The van der Waals surface area contributed by atoms with Crippen molar-refractivity contribution in [3.8, 4) is 0 Å². The Hall–Kier alpha value is -0.940. The molecule has 0 aromatic heterocycles. The van der Waals surface area contributed by atoms with Crippen LogP contribution < -0.4 is 4.72 Å². The highest BCUT2D eigenvalue weighted by atomic mass is 32.2. The van der Waals surface area contributed by atoms with E-state index in [4.69, 9.17) is 0 Å². The molecule has 2 fully saturated rings. The molecule has 0 unspecified atom stereocenters. The van der Waals surface area contributed by atoms with Gasteiger partial charge in [0.05, 0.1) is 4.90 Å². The zero-order valence-electron chi connectivity index (χ0n) is 10.9. The maximum Gasteiger partial charge on any atom is 0.240 e. The number of halogens is 1. The van der Waals surface area contributed by atoms with Crippen molar-refractivity contribution >= 4 is 10.0 Å². The lowest BCUT2D eigenvalue weighted by Gasteiger charge is -2.22. The fourth-order valence-corrected chi connectivity index (χ4v) is 4.84. The van der Waals surface area contributed by atoms with E-state index in [9.17, 15) is 12.8 Å². The second-order valence-electron chi connectivity index (χ2n) is 5.81. The van der Waals surface area contributed by atoms with E-state index >= 15 is 0 Å². The van der Waals surface area contributed by atoms with Gasteiger partial charge in [-0.15, -0.1) is 0 Å². The third-order valence-electron chi connectivity index (χ3n) is 4.48. The topological polar surface area (TPSA) is 46.2 Å². The van der Waals surface area contributed by atoms with Gasteiger partial charge in [-0.3, -0.25) is 0 Å². The first kappa shape index (κ1) is 13.1. The van der Waals surface area contributed by atoms with Crippen molar-refractivity contribution in [3.05, 3.63) is 29.6 Å². The number of hydrogen-bond donors (Lipinski definition) is 1. The molecule has 0 radical (unpaired) electrons. The Morgan fingerprint density at radius 3 is 2.63 bits per heavy atom. The van der Waals surface area contributed by atoms with Crippen molar-refractivity contribution < 1.29 is 12.8 Å². The maximum atomic E-state index is 13.2. The average molecular weight is 283 g/mol. The lowest BCUT2D eigenvalue weighted by molar-refractivity contribution is 0.390. The molecule has 2 saturated carbocycles. The van der Waals surface area contributed by atoms with Crippen molar-refractivity contribution in [1.82, 2.24) is 4.72 Å². The summed E-state index contributed by atoms with van der Waals surface area (Å²) in [5, 5.41) is 0. The van der Waals surface area contributed by atoms with Gasteiger partial charge in [0, 0.05) is 6.04 Å². The Morgan fingerprint density at radius 1 is 1.26 bits per heavy atom. The largest absolute Gasteiger partial charge is 0.240 e. The predicted molar refractivity (Wildman–Crippen MR) is 70.7 cm³/mol. The first-order valence-electron chi connectivity index (χ1n) is 6.74. The molecule has 2 bridgehead atoms. The van der Waals surface area contributed by atoms with Crippen LogP contribution in [-0.2, 0) is 10.0 Å². The molecular weight excluding hydrogens is 265 g/mol. The Bertz CT molecular complexity index is 599. The number of benzene rings is 1. The summed E-state index contributed by atoms with van der Waals surface area (Å²) < 4.78 is 40.6. The van der Waals surface area contributed by atoms with Gasteiger partial charge in [-0.2, -0.15) is 0 Å². The van der Waals surface area contributed by atoms with E-state index in [-0.39, 0.29) is 16.8 Å². The smallest absolute Gasteiger partial charge is 0.208 e. The highest BCUT2D eigenvalue weighted by molar-refractivity contribution is 7.89. The van der Waals surface area contributed by atoms with Crippen LogP contribution in [0.4, 0.5) is 4.39 Å². The minimum absolute atomic E-state index is 0.0640. The maximum absolute atomic E-state index is 13.2. The summed E-state index contributed by atoms with van der Waals surface area (Å²) in [4.78, 5) is 0.161. The summed E-state index contributed by atoms with van der Waals surface area (Å²) in [6.07, 6.45) is 4.46. The van der Waals surface area contributed by atoms with Gasteiger partial charge >= 0.3 is 0 Å². The van der Waals surface area contributed by atoms with Gasteiger partial charge in [-0.1, -0.05) is 6.42 Å². The molecule has 104 valence electrons. The van der Waals surface area contributed by atoms with Crippen molar-refractivity contribution in [1.29, 1.82) is 0 Å². The van der Waals surface area contributed by atoms with Crippen LogP contribution in [0.3, 0.4) is 0 Å². The van der Waals surface area contributed by atoms with Crippen molar-refractivity contribution in [3.63, 3.8) is 0 Å². The van der Waals surface area contributed by atoms with E-state index in [1.807, 2.05) is 0 Å². The monoisotopic (exact) mass is 283 g/mol. The van der Waals surface area contributed by atoms with Crippen LogP contribution >= 0.6 is 0 Å². The summed E-state index contributed by atoms with van der Waals surface area (Å²) in [5.74, 6) is 0.799. The number of aryl methyl sites for hydroxylation is 1. The van der Waals surface area contributed by atoms with Gasteiger partial charge in [0.1, 0.15) is 5.82 Å². The number of rotatable bonds is 3. The third-order valence-corrected chi connectivity index (χ3v) is 5.97. The summed E-state index contributed by atoms with van der Waals surface area (Å²) in [6.45, 7) is 1.58. The highest BCUT2D eigenvalue weighted by Crippen LogP contribution is 2.44. The summed E-state index contributed by atoms with van der Waals surface area (Å²) in [7, 11) is -3.52. The van der Waals surface area contributed by atoms with Gasteiger partial charge in [-0.05, 0) is 61.8 Å². The standard InChI is InChI=1S/C14H18FNO2S/c1-9-6-12(4-5-13(9)15)19(17,18)16-14-8-10-2-3-11(14)7-10/h4-6,10-11,14,16H,2-3,7-8H2,1H3/t10-,11-,14-/m0/s1. The summed E-state index contributed by atoms with van der Waals surface area (Å²) in [6, 6.07) is 4.00. The highest BCUT2D eigenvalue weighted by Gasteiger charge is 2.41. The molecule has 2 aliphatic rings. The molecule has 1 aromatic rings. The van der Waals surface area contributed by atoms with E-state index in [1.54, 1.807) is 6.92 Å². The molecule has 1 aromatic carbocycles. The van der Waals surface area contributed by atoms with Crippen LogP contribution in [0.25, 0.3) is 0 Å².